The average molecular weight is 288 g/mol. The molecule has 1 aromatic heterocycles. The fourth-order valence-electron chi connectivity index (χ4n) is 2.03. The quantitative estimate of drug-likeness (QED) is 0.859. The summed E-state index contributed by atoms with van der Waals surface area (Å²) in [6.45, 7) is 0.530. The predicted molar refractivity (Wildman–Crippen MR) is 75.0 cm³/mol. The third-order valence-electron chi connectivity index (χ3n) is 3.03. The molecule has 0 spiro atoms. The molecule has 0 aliphatic rings. The lowest BCUT2D eigenvalue weighted by molar-refractivity contribution is 0.276. The number of aromatic nitrogens is 3. The molecule has 2 rings (SSSR count). The highest BCUT2D eigenvalue weighted by atomic mass is 16.5. The molecule has 1 aromatic carbocycles. The number of nitrogens with zero attached hydrogens (tertiary/aromatic N) is 4. The Morgan fingerprint density at radius 3 is 2.67 bits per heavy atom. The Kier molecular flexibility index (Phi) is 4.74. The second-order valence-corrected chi connectivity index (χ2v) is 4.27. The summed E-state index contributed by atoms with van der Waals surface area (Å²) < 4.78 is 12.1. The Morgan fingerprint density at radius 1 is 1.29 bits per heavy atom. The van der Waals surface area contributed by atoms with Crippen LogP contribution in [0.5, 0.6) is 11.5 Å². The van der Waals surface area contributed by atoms with Crippen LogP contribution in [0.3, 0.4) is 0 Å². The third kappa shape index (κ3) is 2.95. The summed E-state index contributed by atoms with van der Waals surface area (Å²) in [6.07, 6.45) is 0.536. The van der Waals surface area contributed by atoms with Crippen molar-refractivity contribution in [1.29, 1.82) is 5.26 Å². The molecule has 0 aliphatic heterocycles. The van der Waals surface area contributed by atoms with Crippen molar-refractivity contribution in [1.82, 2.24) is 15.0 Å². The molecule has 0 saturated heterocycles. The molecule has 1 N–H and O–H groups in total. The van der Waals surface area contributed by atoms with Crippen molar-refractivity contribution < 1.29 is 14.6 Å². The van der Waals surface area contributed by atoms with Gasteiger partial charge in [-0.05, 0) is 24.6 Å². The first-order valence-corrected chi connectivity index (χ1v) is 6.42. The number of nitriles is 1. The van der Waals surface area contributed by atoms with Gasteiger partial charge in [-0.2, -0.15) is 5.26 Å². The largest absolute Gasteiger partial charge is 0.493 e. The predicted octanol–water partition coefficient (Wildman–Crippen LogP) is 1.22. The van der Waals surface area contributed by atoms with Crippen LogP contribution in [0.1, 0.15) is 12.1 Å². The molecular formula is C14H16N4O3. The number of benzene rings is 1. The van der Waals surface area contributed by atoms with E-state index in [9.17, 15) is 5.26 Å². The van der Waals surface area contributed by atoms with Gasteiger partial charge in [0.25, 0.3) is 0 Å². The second-order valence-electron chi connectivity index (χ2n) is 4.27. The molecule has 0 unspecified atom stereocenters. The minimum absolute atomic E-state index is 0.0487. The number of ether oxygens (including phenoxy) is 2. The first-order chi connectivity index (χ1) is 10.2. The molecule has 21 heavy (non-hydrogen) atoms. The first-order valence-electron chi connectivity index (χ1n) is 6.42. The first kappa shape index (κ1) is 14.8. The smallest absolute Gasteiger partial charge is 0.190 e. The van der Waals surface area contributed by atoms with E-state index >= 15 is 0 Å². The Bertz CT molecular complexity index is 661. The van der Waals surface area contributed by atoms with Gasteiger partial charge in [0.15, 0.2) is 17.2 Å². The van der Waals surface area contributed by atoms with Gasteiger partial charge < -0.3 is 14.6 Å². The van der Waals surface area contributed by atoms with Crippen LogP contribution >= 0.6 is 0 Å². The number of rotatable bonds is 6. The minimum Gasteiger partial charge on any atom is -0.493 e. The maximum Gasteiger partial charge on any atom is 0.190 e. The van der Waals surface area contributed by atoms with Gasteiger partial charge in [-0.1, -0.05) is 5.21 Å². The standard InChI is InChI=1S/C14H16N4O3/c1-20-12-5-4-10(8-13(12)21-2)14-11(9-15)16-17-18(14)6-3-7-19/h4-5,8,19H,3,6-7H2,1-2H3. The lowest BCUT2D eigenvalue weighted by Gasteiger charge is -2.10. The Morgan fingerprint density at radius 2 is 2.05 bits per heavy atom. The molecule has 7 nitrogen and oxygen atoms in total. The third-order valence-corrected chi connectivity index (χ3v) is 3.03. The number of aliphatic hydroxyl groups excluding tert-OH is 1. The van der Waals surface area contributed by atoms with Crippen molar-refractivity contribution >= 4 is 0 Å². The van der Waals surface area contributed by atoms with Crippen LogP contribution in [0.25, 0.3) is 11.3 Å². The topological polar surface area (TPSA) is 93.2 Å². The molecule has 0 aliphatic carbocycles. The number of methoxy groups -OCH3 is 2. The molecular weight excluding hydrogens is 272 g/mol. The van der Waals surface area contributed by atoms with Crippen LogP contribution in [0.4, 0.5) is 0 Å². The van der Waals surface area contributed by atoms with Crippen LogP contribution in [0, 0.1) is 11.3 Å². The Balaban J connectivity index is 2.50. The van der Waals surface area contributed by atoms with Crippen LogP contribution < -0.4 is 9.47 Å². The van der Waals surface area contributed by atoms with Crippen molar-refractivity contribution in [3.8, 4) is 28.8 Å². The number of hydrogen-bond acceptors (Lipinski definition) is 6. The van der Waals surface area contributed by atoms with E-state index in [-0.39, 0.29) is 12.3 Å². The van der Waals surface area contributed by atoms with Gasteiger partial charge in [0.05, 0.1) is 14.2 Å². The summed E-state index contributed by atoms with van der Waals surface area (Å²) in [5.41, 5.74) is 1.60. The molecule has 110 valence electrons. The molecule has 0 bridgehead atoms. The SMILES string of the molecule is COc1ccc(-c2c(C#N)nnn2CCCO)cc1OC. The number of aliphatic hydroxyl groups is 1. The van der Waals surface area contributed by atoms with Gasteiger partial charge in [0.1, 0.15) is 11.8 Å². The summed E-state index contributed by atoms with van der Waals surface area (Å²) in [5, 5.41) is 25.9. The van der Waals surface area contributed by atoms with E-state index in [1.54, 1.807) is 31.0 Å². The van der Waals surface area contributed by atoms with Crippen LogP contribution in [-0.2, 0) is 6.54 Å². The Labute approximate surface area is 122 Å². The maximum absolute atomic E-state index is 9.17. The molecule has 1 heterocycles. The van der Waals surface area contributed by atoms with Crippen LogP contribution in [0.15, 0.2) is 18.2 Å². The highest BCUT2D eigenvalue weighted by Gasteiger charge is 2.16. The number of aryl methyl sites for hydroxylation is 1. The summed E-state index contributed by atoms with van der Waals surface area (Å²) in [7, 11) is 3.11. The zero-order chi connectivity index (χ0) is 15.2. The van der Waals surface area contributed by atoms with Crippen molar-refractivity contribution in [2.24, 2.45) is 0 Å². The highest BCUT2D eigenvalue weighted by Crippen LogP contribution is 2.33. The van der Waals surface area contributed by atoms with Gasteiger partial charge >= 0.3 is 0 Å². The summed E-state index contributed by atoms with van der Waals surface area (Å²) in [6, 6.07) is 7.38. The molecule has 0 atom stereocenters. The second kappa shape index (κ2) is 6.72. The van der Waals surface area contributed by atoms with Gasteiger partial charge in [0.2, 0.25) is 0 Å². The van der Waals surface area contributed by atoms with E-state index in [1.165, 1.54) is 0 Å². The molecule has 0 radical (unpaired) electrons. The van der Waals surface area contributed by atoms with E-state index in [2.05, 4.69) is 10.3 Å². The monoisotopic (exact) mass is 288 g/mol. The molecule has 0 amide bonds. The summed E-state index contributed by atoms with van der Waals surface area (Å²) in [4.78, 5) is 0. The lowest BCUT2D eigenvalue weighted by atomic mass is 10.1. The van der Waals surface area contributed by atoms with E-state index in [0.717, 1.165) is 5.56 Å². The van der Waals surface area contributed by atoms with E-state index in [1.807, 2.05) is 12.1 Å². The van der Waals surface area contributed by atoms with Crippen LogP contribution in [0.2, 0.25) is 0 Å². The van der Waals surface area contributed by atoms with Crippen LogP contribution in [-0.4, -0.2) is 40.9 Å². The van der Waals surface area contributed by atoms with Crippen molar-refractivity contribution in [3.63, 3.8) is 0 Å². The molecule has 0 saturated carbocycles. The number of hydrogen-bond donors (Lipinski definition) is 1. The van der Waals surface area contributed by atoms with Crippen molar-refractivity contribution in [3.05, 3.63) is 23.9 Å². The molecule has 2 aromatic rings. The normalized spacial score (nSPS) is 10.2. The van der Waals surface area contributed by atoms with Crippen molar-refractivity contribution in [2.75, 3.05) is 20.8 Å². The summed E-state index contributed by atoms with van der Waals surface area (Å²) in [5.74, 6) is 1.17. The van der Waals surface area contributed by atoms with E-state index in [4.69, 9.17) is 14.6 Å². The maximum atomic E-state index is 9.17. The average Bonchev–Trinajstić information content (AvgIpc) is 2.95. The van der Waals surface area contributed by atoms with Gasteiger partial charge in [-0.3, -0.25) is 0 Å². The Hall–Kier alpha value is -2.59. The van der Waals surface area contributed by atoms with E-state index in [0.29, 0.717) is 30.2 Å². The van der Waals surface area contributed by atoms with Crippen molar-refractivity contribution in [2.45, 2.75) is 13.0 Å². The lowest BCUT2D eigenvalue weighted by Crippen LogP contribution is -2.05. The minimum atomic E-state index is 0.0487. The van der Waals surface area contributed by atoms with Gasteiger partial charge in [-0.25, -0.2) is 4.68 Å². The summed E-state index contributed by atoms with van der Waals surface area (Å²) >= 11 is 0. The van der Waals surface area contributed by atoms with Gasteiger partial charge in [0, 0.05) is 18.7 Å². The fraction of sp³-hybridized carbons (Fsp3) is 0.357. The fourth-order valence-corrected chi connectivity index (χ4v) is 2.03. The zero-order valence-electron chi connectivity index (χ0n) is 11.9. The van der Waals surface area contributed by atoms with E-state index < -0.39 is 0 Å². The molecule has 0 fully saturated rings. The molecule has 7 heteroatoms. The highest BCUT2D eigenvalue weighted by molar-refractivity contribution is 5.68. The zero-order valence-corrected chi connectivity index (χ0v) is 11.9. The van der Waals surface area contributed by atoms with Gasteiger partial charge in [-0.15, -0.1) is 5.10 Å².